The van der Waals surface area contributed by atoms with Crippen LogP contribution in [0.1, 0.15) is 49.9 Å². The number of piperazine rings is 1. The average molecular weight is 290 g/mol. The molecule has 2 heterocycles. The van der Waals surface area contributed by atoms with Gasteiger partial charge in [-0.25, -0.2) is 0 Å². The van der Waals surface area contributed by atoms with Gasteiger partial charge in [-0.2, -0.15) is 4.98 Å². The van der Waals surface area contributed by atoms with Gasteiger partial charge >= 0.3 is 0 Å². The molecule has 5 nitrogen and oxygen atoms in total. The number of hydrogen-bond acceptors (Lipinski definition) is 5. The lowest BCUT2D eigenvalue weighted by molar-refractivity contribution is 0.0748. The van der Waals surface area contributed by atoms with Crippen LogP contribution in [0.2, 0.25) is 0 Å². The SMILES string of the molecule is C#CCCCCCCN1CCN(C)[C@@H](c2nc(C)no2)C1. The molecule has 1 aromatic heterocycles. The maximum Gasteiger partial charge on any atom is 0.245 e. The lowest BCUT2D eigenvalue weighted by atomic mass is 10.1. The van der Waals surface area contributed by atoms with Crippen molar-refractivity contribution in [3.63, 3.8) is 0 Å². The highest BCUT2D eigenvalue weighted by Gasteiger charge is 2.29. The summed E-state index contributed by atoms with van der Waals surface area (Å²) >= 11 is 0. The summed E-state index contributed by atoms with van der Waals surface area (Å²) in [7, 11) is 2.13. The van der Waals surface area contributed by atoms with Crippen LogP contribution in [0.4, 0.5) is 0 Å². The van der Waals surface area contributed by atoms with Crippen molar-refractivity contribution in [1.29, 1.82) is 0 Å². The van der Waals surface area contributed by atoms with Gasteiger partial charge in [-0.1, -0.05) is 18.0 Å². The summed E-state index contributed by atoms with van der Waals surface area (Å²) in [6, 6.07) is 0.224. The Kier molecular flexibility index (Phi) is 6.21. The molecule has 1 fully saturated rings. The highest BCUT2D eigenvalue weighted by Crippen LogP contribution is 2.22. The van der Waals surface area contributed by atoms with Crippen molar-refractivity contribution in [2.75, 3.05) is 33.2 Å². The van der Waals surface area contributed by atoms with Crippen LogP contribution in [0.5, 0.6) is 0 Å². The first-order valence-corrected chi connectivity index (χ1v) is 7.87. The van der Waals surface area contributed by atoms with E-state index in [0.29, 0.717) is 5.82 Å². The zero-order valence-corrected chi connectivity index (χ0v) is 13.2. The summed E-state index contributed by atoms with van der Waals surface area (Å²) in [6.07, 6.45) is 11.1. The number of aryl methyl sites for hydroxylation is 1. The first-order valence-electron chi connectivity index (χ1n) is 7.87. The Labute approximate surface area is 127 Å². The van der Waals surface area contributed by atoms with E-state index in [1.165, 1.54) is 19.3 Å². The summed E-state index contributed by atoms with van der Waals surface area (Å²) in [5.74, 6) is 4.16. The van der Waals surface area contributed by atoms with Crippen LogP contribution < -0.4 is 0 Å². The normalized spacial score (nSPS) is 20.5. The third-order valence-electron chi connectivity index (χ3n) is 4.11. The fraction of sp³-hybridized carbons (Fsp3) is 0.750. The van der Waals surface area contributed by atoms with Gasteiger partial charge in [0.1, 0.15) is 6.04 Å². The molecule has 1 atom stereocenters. The molecule has 0 spiro atoms. The number of nitrogens with zero attached hydrogens (tertiary/aromatic N) is 4. The molecule has 0 radical (unpaired) electrons. The van der Waals surface area contributed by atoms with E-state index in [0.717, 1.165) is 44.9 Å². The monoisotopic (exact) mass is 290 g/mol. The first-order chi connectivity index (χ1) is 10.2. The van der Waals surface area contributed by atoms with Crippen molar-refractivity contribution >= 4 is 0 Å². The molecule has 0 aliphatic carbocycles. The maximum atomic E-state index is 5.34. The molecule has 0 N–H and O–H groups in total. The number of aromatic nitrogens is 2. The summed E-state index contributed by atoms with van der Waals surface area (Å²) in [5, 5.41) is 3.91. The van der Waals surface area contributed by atoms with Gasteiger partial charge < -0.3 is 4.52 Å². The van der Waals surface area contributed by atoms with Gasteiger partial charge in [0.05, 0.1) is 0 Å². The molecule has 116 valence electrons. The van der Waals surface area contributed by atoms with E-state index in [4.69, 9.17) is 10.9 Å². The van der Waals surface area contributed by atoms with E-state index in [2.05, 4.69) is 32.9 Å². The molecule has 5 heteroatoms. The second-order valence-electron chi connectivity index (χ2n) is 5.85. The second-order valence-corrected chi connectivity index (χ2v) is 5.85. The van der Waals surface area contributed by atoms with Crippen molar-refractivity contribution in [2.24, 2.45) is 0 Å². The fourth-order valence-electron chi connectivity index (χ4n) is 2.76. The van der Waals surface area contributed by atoms with E-state index in [1.807, 2.05) is 6.92 Å². The topological polar surface area (TPSA) is 45.4 Å². The van der Waals surface area contributed by atoms with Crippen molar-refractivity contribution in [3.05, 3.63) is 11.7 Å². The smallest absolute Gasteiger partial charge is 0.245 e. The van der Waals surface area contributed by atoms with E-state index < -0.39 is 0 Å². The average Bonchev–Trinajstić information content (AvgIpc) is 2.90. The molecule has 0 amide bonds. The van der Waals surface area contributed by atoms with E-state index >= 15 is 0 Å². The summed E-state index contributed by atoms with van der Waals surface area (Å²) < 4.78 is 5.34. The molecule has 1 aliphatic rings. The molecular formula is C16H26N4O. The Bertz CT molecular complexity index is 465. The molecular weight excluding hydrogens is 264 g/mol. The molecule has 1 aliphatic heterocycles. The zero-order valence-electron chi connectivity index (χ0n) is 13.2. The fourth-order valence-corrected chi connectivity index (χ4v) is 2.76. The van der Waals surface area contributed by atoms with Gasteiger partial charge in [0.15, 0.2) is 5.82 Å². The minimum atomic E-state index is 0.224. The van der Waals surface area contributed by atoms with Crippen LogP contribution in [-0.4, -0.2) is 53.2 Å². The standard InChI is InChI=1S/C16H26N4O/c1-4-5-6-7-8-9-10-20-12-11-19(3)15(13-20)16-17-14(2)18-21-16/h1,15H,5-13H2,2-3H3/t15-/m1/s1. The van der Waals surface area contributed by atoms with Gasteiger partial charge in [0.25, 0.3) is 0 Å². The van der Waals surface area contributed by atoms with Crippen molar-refractivity contribution in [3.8, 4) is 12.3 Å². The van der Waals surface area contributed by atoms with E-state index in [1.54, 1.807) is 0 Å². The first kappa shape index (κ1) is 16.0. The van der Waals surface area contributed by atoms with Gasteiger partial charge in [0.2, 0.25) is 5.89 Å². The second kappa shape index (κ2) is 8.16. The van der Waals surface area contributed by atoms with Crippen LogP contribution in [0.25, 0.3) is 0 Å². The lowest BCUT2D eigenvalue weighted by Crippen LogP contribution is -2.47. The van der Waals surface area contributed by atoms with Gasteiger partial charge in [0, 0.05) is 26.1 Å². The summed E-state index contributed by atoms with van der Waals surface area (Å²) in [4.78, 5) is 9.19. The van der Waals surface area contributed by atoms with Crippen molar-refractivity contribution < 1.29 is 4.52 Å². The summed E-state index contributed by atoms with van der Waals surface area (Å²) in [5.41, 5.74) is 0. The highest BCUT2D eigenvalue weighted by molar-refractivity contribution is 4.95. The minimum Gasteiger partial charge on any atom is -0.338 e. The number of unbranched alkanes of at least 4 members (excludes halogenated alkanes) is 4. The Morgan fingerprint density at radius 2 is 2.10 bits per heavy atom. The molecule has 0 unspecified atom stereocenters. The Hall–Kier alpha value is -1.38. The predicted octanol–water partition coefficient (Wildman–Crippen LogP) is 2.25. The zero-order chi connectivity index (χ0) is 15.1. The van der Waals surface area contributed by atoms with Gasteiger partial charge in [-0.3, -0.25) is 9.80 Å². The van der Waals surface area contributed by atoms with Crippen molar-refractivity contribution in [2.45, 2.75) is 45.1 Å². The quantitative estimate of drug-likeness (QED) is 0.569. The molecule has 0 aromatic carbocycles. The summed E-state index contributed by atoms with van der Waals surface area (Å²) in [6.45, 7) is 6.15. The van der Waals surface area contributed by atoms with Gasteiger partial charge in [-0.15, -0.1) is 12.3 Å². The Morgan fingerprint density at radius 3 is 2.81 bits per heavy atom. The number of rotatable bonds is 7. The Balaban J connectivity index is 1.74. The highest BCUT2D eigenvalue weighted by atomic mass is 16.5. The van der Waals surface area contributed by atoms with E-state index in [-0.39, 0.29) is 6.04 Å². The predicted molar refractivity (Wildman–Crippen MR) is 82.8 cm³/mol. The van der Waals surface area contributed by atoms with Crippen LogP contribution >= 0.6 is 0 Å². The lowest BCUT2D eigenvalue weighted by Gasteiger charge is -2.37. The largest absolute Gasteiger partial charge is 0.338 e. The van der Waals surface area contributed by atoms with Crippen molar-refractivity contribution in [1.82, 2.24) is 19.9 Å². The number of likely N-dealkylation sites (N-methyl/N-ethyl adjacent to an activating group) is 1. The third-order valence-corrected chi connectivity index (χ3v) is 4.11. The van der Waals surface area contributed by atoms with Crippen LogP contribution in [0.15, 0.2) is 4.52 Å². The molecule has 2 rings (SSSR count). The number of terminal acetylenes is 1. The third kappa shape index (κ3) is 4.83. The van der Waals surface area contributed by atoms with Crippen LogP contribution in [0.3, 0.4) is 0 Å². The molecule has 0 saturated carbocycles. The molecule has 1 aromatic rings. The van der Waals surface area contributed by atoms with E-state index in [9.17, 15) is 0 Å². The molecule has 21 heavy (non-hydrogen) atoms. The molecule has 1 saturated heterocycles. The van der Waals surface area contributed by atoms with Crippen LogP contribution in [0, 0.1) is 19.3 Å². The maximum absolute atomic E-state index is 5.34. The minimum absolute atomic E-state index is 0.224. The number of hydrogen-bond donors (Lipinski definition) is 0. The Morgan fingerprint density at radius 1 is 1.29 bits per heavy atom. The van der Waals surface area contributed by atoms with Gasteiger partial charge in [-0.05, 0) is 33.4 Å². The molecule has 0 bridgehead atoms. The van der Waals surface area contributed by atoms with Crippen LogP contribution in [-0.2, 0) is 0 Å².